The number of hydrogen-bond donors (Lipinski definition) is 1. The molecule has 2 aliphatic rings. The molecule has 2 atom stereocenters. The molecule has 0 aromatic heterocycles. The van der Waals surface area contributed by atoms with E-state index in [9.17, 15) is 13.6 Å². The first-order valence-electron chi connectivity index (χ1n) is 10.8. The van der Waals surface area contributed by atoms with Crippen LogP contribution in [0.3, 0.4) is 0 Å². The molecule has 0 amide bonds. The Balaban J connectivity index is 1.38. The predicted octanol–water partition coefficient (Wildman–Crippen LogP) is 5.65. The maximum absolute atomic E-state index is 14.8. The Morgan fingerprint density at radius 1 is 1.12 bits per heavy atom. The molecule has 8 heteroatoms. The van der Waals surface area contributed by atoms with Crippen LogP contribution < -0.4 is 14.2 Å². The molecule has 0 fully saturated rings. The molecule has 6 nitrogen and oxygen atoms in total. The fourth-order valence-corrected chi connectivity index (χ4v) is 4.50. The number of aliphatic carboxylic acids is 1. The molecule has 1 N–H and O–H groups in total. The van der Waals surface area contributed by atoms with Crippen LogP contribution in [-0.2, 0) is 11.2 Å². The smallest absolute Gasteiger partial charge is 0.304 e. The molecular formula is C26H19F2NO5. The molecule has 34 heavy (non-hydrogen) atoms. The molecule has 1 heterocycles. The van der Waals surface area contributed by atoms with Crippen LogP contribution in [0, 0.1) is 23.0 Å². The lowest BCUT2D eigenvalue weighted by Gasteiger charge is -2.17. The summed E-state index contributed by atoms with van der Waals surface area (Å²) in [5.74, 6) is -0.894. The minimum Gasteiger partial charge on any atom is -0.492 e. The summed E-state index contributed by atoms with van der Waals surface area (Å²) >= 11 is 0. The molecule has 3 aromatic rings. The monoisotopic (exact) mass is 463 g/mol. The van der Waals surface area contributed by atoms with Gasteiger partial charge in [-0.1, -0.05) is 6.07 Å². The van der Waals surface area contributed by atoms with Gasteiger partial charge in [0.1, 0.15) is 29.2 Å². The summed E-state index contributed by atoms with van der Waals surface area (Å²) in [6.45, 7) is 0.290. The highest BCUT2D eigenvalue weighted by Crippen LogP contribution is 2.44. The van der Waals surface area contributed by atoms with Crippen molar-refractivity contribution < 1.29 is 32.9 Å². The van der Waals surface area contributed by atoms with E-state index in [4.69, 9.17) is 24.6 Å². The van der Waals surface area contributed by atoms with Crippen LogP contribution in [0.5, 0.6) is 23.0 Å². The average molecular weight is 463 g/mol. The van der Waals surface area contributed by atoms with Crippen molar-refractivity contribution >= 4 is 5.97 Å². The number of ether oxygens (including phenoxy) is 3. The van der Waals surface area contributed by atoms with Crippen LogP contribution >= 0.6 is 0 Å². The van der Waals surface area contributed by atoms with E-state index in [0.29, 0.717) is 47.8 Å². The van der Waals surface area contributed by atoms with Gasteiger partial charge in [0, 0.05) is 28.7 Å². The van der Waals surface area contributed by atoms with E-state index < -0.39 is 23.7 Å². The van der Waals surface area contributed by atoms with Gasteiger partial charge in [0.25, 0.3) is 0 Å². The third kappa shape index (κ3) is 4.01. The molecule has 0 saturated carbocycles. The van der Waals surface area contributed by atoms with Gasteiger partial charge in [-0.05, 0) is 49.2 Å². The number of halogens is 2. The quantitative estimate of drug-likeness (QED) is 0.509. The molecule has 0 unspecified atom stereocenters. The third-order valence-corrected chi connectivity index (χ3v) is 6.08. The number of carboxylic acids is 1. The van der Waals surface area contributed by atoms with Gasteiger partial charge in [-0.15, -0.1) is 0 Å². The Morgan fingerprint density at radius 2 is 1.94 bits per heavy atom. The van der Waals surface area contributed by atoms with E-state index in [1.807, 2.05) is 6.07 Å². The molecule has 0 spiro atoms. The number of benzene rings is 3. The maximum atomic E-state index is 14.8. The highest BCUT2D eigenvalue weighted by molar-refractivity contribution is 5.68. The Hall–Kier alpha value is -4.12. The van der Waals surface area contributed by atoms with Gasteiger partial charge in [0.15, 0.2) is 11.6 Å². The zero-order chi connectivity index (χ0) is 23.8. The molecule has 3 aromatic carbocycles. The molecule has 172 valence electrons. The van der Waals surface area contributed by atoms with E-state index in [1.54, 1.807) is 18.2 Å². The van der Waals surface area contributed by atoms with Gasteiger partial charge < -0.3 is 19.3 Å². The zero-order valence-corrected chi connectivity index (χ0v) is 17.9. The third-order valence-electron chi connectivity index (χ3n) is 6.08. The van der Waals surface area contributed by atoms with Crippen LogP contribution in [0.25, 0.3) is 0 Å². The maximum Gasteiger partial charge on any atom is 0.304 e. The van der Waals surface area contributed by atoms with E-state index in [2.05, 4.69) is 0 Å². The van der Waals surface area contributed by atoms with Crippen molar-refractivity contribution in [3.05, 3.63) is 82.4 Å². The fourth-order valence-electron chi connectivity index (χ4n) is 4.50. The summed E-state index contributed by atoms with van der Waals surface area (Å²) in [5, 5.41) is 18.0. The molecule has 0 radical (unpaired) electrons. The molecule has 5 rings (SSSR count). The minimum atomic E-state index is -0.890. The zero-order valence-electron chi connectivity index (χ0n) is 17.9. The summed E-state index contributed by atoms with van der Waals surface area (Å²) in [6, 6.07) is 13.7. The van der Waals surface area contributed by atoms with Gasteiger partial charge in [-0.3, -0.25) is 4.79 Å². The van der Waals surface area contributed by atoms with Gasteiger partial charge in [0.05, 0.1) is 24.7 Å². The molecule has 0 bridgehead atoms. The predicted molar refractivity (Wildman–Crippen MR) is 116 cm³/mol. The summed E-state index contributed by atoms with van der Waals surface area (Å²) in [5.41, 5.74) is 1.95. The van der Waals surface area contributed by atoms with Crippen LogP contribution in [-0.4, -0.2) is 17.7 Å². The lowest BCUT2D eigenvalue weighted by atomic mass is 9.98. The van der Waals surface area contributed by atoms with E-state index in [-0.39, 0.29) is 23.7 Å². The minimum absolute atomic E-state index is 0.0168. The van der Waals surface area contributed by atoms with Crippen LogP contribution in [0.15, 0.2) is 48.5 Å². The standard InChI is InChI=1S/C26H19F2NO5/c27-19-5-8-21(34-22-6-1-14(12-29)9-20(22)28)18-4-7-23(26(18)19)33-16-2-3-17-15(10-25(30)31)13-32-24(17)11-16/h1-3,5-6,8-9,11,15,23H,4,7,10,13H2,(H,30,31)/t15-,23-/m1/s1. The number of hydrogen-bond acceptors (Lipinski definition) is 5. The highest BCUT2D eigenvalue weighted by atomic mass is 19.1. The summed E-state index contributed by atoms with van der Waals surface area (Å²) in [6.07, 6.45) is 0.394. The number of fused-ring (bicyclic) bond motifs is 2. The summed E-state index contributed by atoms with van der Waals surface area (Å²) < 4.78 is 46.6. The van der Waals surface area contributed by atoms with Crippen molar-refractivity contribution in [2.45, 2.75) is 31.3 Å². The van der Waals surface area contributed by atoms with Gasteiger partial charge in [-0.2, -0.15) is 5.26 Å². The fraction of sp³-hybridized carbons (Fsp3) is 0.231. The number of carbonyl (C=O) groups is 1. The summed E-state index contributed by atoms with van der Waals surface area (Å²) in [7, 11) is 0. The second-order valence-corrected chi connectivity index (χ2v) is 8.25. The van der Waals surface area contributed by atoms with Crippen molar-refractivity contribution in [1.29, 1.82) is 5.26 Å². The number of nitriles is 1. The lowest BCUT2D eigenvalue weighted by molar-refractivity contribution is -0.137. The Morgan fingerprint density at radius 3 is 2.71 bits per heavy atom. The lowest BCUT2D eigenvalue weighted by Crippen LogP contribution is -2.07. The second-order valence-electron chi connectivity index (χ2n) is 8.25. The first kappa shape index (κ1) is 21.7. The summed E-state index contributed by atoms with van der Waals surface area (Å²) in [4.78, 5) is 11.0. The van der Waals surface area contributed by atoms with Crippen molar-refractivity contribution in [1.82, 2.24) is 0 Å². The number of rotatable bonds is 6. The number of nitrogens with zero attached hydrogens (tertiary/aromatic N) is 1. The van der Waals surface area contributed by atoms with E-state index in [0.717, 1.165) is 11.6 Å². The van der Waals surface area contributed by atoms with Crippen LogP contribution in [0.2, 0.25) is 0 Å². The van der Waals surface area contributed by atoms with E-state index >= 15 is 0 Å². The average Bonchev–Trinajstić information content (AvgIpc) is 3.41. The van der Waals surface area contributed by atoms with Crippen LogP contribution in [0.4, 0.5) is 8.78 Å². The normalized spacial score (nSPS) is 17.9. The Kier molecular flexibility index (Phi) is 5.54. The first-order valence-corrected chi connectivity index (χ1v) is 10.8. The molecular weight excluding hydrogens is 444 g/mol. The van der Waals surface area contributed by atoms with Crippen molar-refractivity contribution in [2.75, 3.05) is 6.61 Å². The number of carboxylic acid groups (broad SMARTS) is 1. The van der Waals surface area contributed by atoms with Gasteiger partial charge in [-0.25, -0.2) is 8.78 Å². The first-order chi connectivity index (χ1) is 16.4. The molecule has 1 aliphatic heterocycles. The molecule has 1 aliphatic carbocycles. The Labute approximate surface area is 193 Å². The Bertz CT molecular complexity index is 1330. The highest BCUT2D eigenvalue weighted by Gasteiger charge is 2.32. The van der Waals surface area contributed by atoms with Crippen molar-refractivity contribution in [2.24, 2.45) is 0 Å². The van der Waals surface area contributed by atoms with E-state index in [1.165, 1.54) is 24.3 Å². The SMILES string of the molecule is N#Cc1ccc(Oc2ccc(F)c3c2CC[C@H]3Oc2ccc3c(c2)OC[C@H]3CC(=O)O)c(F)c1. The second kappa shape index (κ2) is 8.67. The topological polar surface area (TPSA) is 88.8 Å². The van der Waals surface area contributed by atoms with Crippen molar-refractivity contribution in [3.63, 3.8) is 0 Å². The van der Waals surface area contributed by atoms with Crippen LogP contribution in [0.1, 0.15) is 47.1 Å². The largest absolute Gasteiger partial charge is 0.492 e. The van der Waals surface area contributed by atoms with Gasteiger partial charge >= 0.3 is 5.97 Å². The van der Waals surface area contributed by atoms with Crippen molar-refractivity contribution in [3.8, 4) is 29.1 Å². The molecule has 0 saturated heterocycles. The van der Waals surface area contributed by atoms with Gasteiger partial charge in [0.2, 0.25) is 0 Å².